The van der Waals surface area contributed by atoms with Gasteiger partial charge in [-0.2, -0.15) is 0 Å². The number of aryl methyl sites for hydroxylation is 1. The molecule has 216 valence electrons. The lowest BCUT2D eigenvalue weighted by Crippen LogP contribution is -2.29. The molecule has 0 fully saturated rings. The molecule has 0 saturated carbocycles. The normalized spacial score (nSPS) is 13.3. The maximum atomic E-state index is 15.0. The Morgan fingerprint density at radius 1 is 1.10 bits per heavy atom. The SMILES string of the molecule is Cc1nc2ccc(-c3cnc(C(C)(C)O)nc3)cc2c(NC(c2cc(C(CO)NC(=O)O)ccc2F)C(F)F)c1Cl. The third-order valence-electron chi connectivity index (χ3n) is 6.41. The van der Waals surface area contributed by atoms with Gasteiger partial charge in [0.2, 0.25) is 0 Å². The fraction of sp³-hybridized carbons (Fsp3) is 0.286. The Kier molecular flexibility index (Phi) is 8.66. The summed E-state index contributed by atoms with van der Waals surface area (Å²) in [4.78, 5) is 24.0. The van der Waals surface area contributed by atoms with E-state index in [2.05, 4.69) is 25.6 Å². The van der Waals surface area contributed by atoms with Crippen LogP contribution in [-0.2, 0) is 5.60 Å². The number of halogens is 4. The summed E-state index contributed by atoms with van der Waals surface area (Å²) >= 11 is 6.55. The molecular formula is C28H27ClF3N5O4. The summed E-state index contributed by atoms with van der Waals surface area (Å²) in [7, 11) is 0. The summed E-state index contributed by atoms with van der Waals surface area (Å²) in [5.41, 5.74) is 0.449. The second-order valence-corrected chi connectivity index (χ2v) is 10.3. The molecule has 0 aliphatic carbocycles. The van der Waals surface area contributed by atoms with E-state index in [1.807, 2.05) is 0 Å². The third-order valence-corrected chi connectivity index (χ3v) is 6.88. The molecule has 2 atom stereocenters. The van der Waals surface area contributed by atoms with Crippen LogP contribution in [0.3, 0.4) is 0 Å². The molecule has 2 aromatic heterocycles. The minimum atomic E-state index is -3.12. The fourth-order valence-corrected chi connectivity index (χ4v) is 4.51. The highest BCUT2D eigenvalue weighted by Crippen LogP contribution is 2.39. The molecule has 0 saturated heterocycles. The van der Waals surface area contributed by atoms with Crippen LogP contribution in [0.1, 0.15) is 48.6 Å². The van der Waals surface area contributed by atoms with Crippen LogP contribution in [0.4, 0.5) is 23.7 Å². The number of aliphatic hydroxyl groups excluding tert-OH is 1. The molecule has 13 heteroatoms. The van der Waals surface area contributed by atoms with Crippen LogP contribution in [0.15, 0.2) is 48.8 Å². The van der Waals surface area contributed by atoms with Gasteiger partial charge in [-0.25, -0.2) is 27.9 Å². The van der Waals surface area contributed by atoms with E-state index in [1.165, 1.54) is 18.5 Å². The number of nitrogens with zero attached hydrogens (tertiary/aromatic N) is 3. The van der Waals surface area contributed by atoms with E-state index in [-0.39, 0.29) is 22.1 Å². The van der Waals surface area contributed by atoms with Crippen molar-refractivity contribution in [2.75, 3.05) is 11.9 Å². The molecule has 0 aliphatic rings. The molecule has 4 rings (SSSR count). The van der Waals surface area contributed by atoms with Crippen molar-refractivity contribution in [3.63, 3.8) is 0 Å². The van der Waals surface area contributed by atoms with Crippen LogP contribution in [-0.4, -0.2) is 49.4 Å². The van der Waals surface area contributed by atoms with Gasteiger partial charge < -0.3 is 26.0 Å². The number of pyridine rings is 1. The van der Waals surface area contributed by atoms with Gasteiger partial charge in [-0.15, -0.1) is 0 Å². The molecule has 2 aromatic carbocycles. The van der Waals surface area contributed by atoms with Gasteiger partial charge in [-0.05, 0) is 56.2 Å². The molecule has 5 N–H and O–H groups in total. The maximum absolute atomic E-state index is 15.0. The highest BCUT2D eigenvalue weighted by atomic mass is 35.5. The zero-order chi connectivity index (χ0) is 30.1. The van der Waals surface area contributed by atoms with E-state index in [1.54, 1.807) is 39.0 Å². The van der Waals surface area contributed by atoms with Crippen LogP contribution in [0.5, 0.6) is 0 Å². The molecule has 2 heterocycles. The smallest absolute Gasteiger partial charge is 0.405 e. The van der Waals surface area contributed by atoms with Gasteiger partial charge in [-0.1, -0.05) is 23.7 Å². The number of hydrogen-bond acceptors (Lipinski definition) is 7. The second-order valence-electron chi connectivity index (χ2n) is 9.89. The average Bonchev–Trinajstić information content (AvgIpc) is 2.92. The Hall–Kier alpha value is -4.00. The van der Waals surface area contributed by atoms with Crippen molar-refractivity contribution in [1.29, 1.82) is 0 Å². The number of aliphatic hydroxyl groups is 2. The molecule has 0 radical (unpaired) electrons. The number of rotatable bonds is 9. The molecular weight excluding hydrogens is 563 g/mol. The Morgan fingerprint density at radius 3 is 2.37 bits per heavy atom. The van der Waals surface area contributed by atoms with Crippen LogP contribution in [0.2, 0.25) is 5.02 Å². The zero-order valence-electron chi connectivity index (χ0n) is 22.2. The first-order valence-corrected chi connectivity index (χ1v) is 12.8. The zero-order valence-corrected chi connectivity index (χ0v) is 22.9. The van der Waals surface area contributed by atoms with Gasteiger partial charge in [0.15, 0.2) is 5.82 Å². The molecule has 0 spiro atoms. The van der Waals surface area contributed by atoms with Crippen LogP contribution in [0.25, 0.3) is 22.0 Å². The first-order valence-electron chi connectivity index (χ1n) is 12.4. The number of carboxylic acid groups (broad SMARTS) is 1. The Bertz CT molecular complexity index is 1580. The number of aromatic nitrogens is 3. The summed E-state index contributed by atoms with van der Waals surface area (Å²) in [5, 5.41) is 34.0. The number of carbonyl (C=O) groups is 1. The summed E-state index contributed by atoms with van der Waals surface area (Å²) in [6, 6.07) is 5.22. The first-order chi connectivity index (χ1) is 19.3. The van der Waals surface area contributed by atoms with Gasteiger partial charge in [-0.3, -0.25) is 4.98 Å². The molecule has 1 amide bonds. The lowest BCUT2D eigenvalue weighted by Gasteiger charge is -2.24. The van der Waals surface area contributed by atoms with E-state index in [9.17, 15) is 28.2 Å². The van der Waals surface area contributed by atoms with Crippen molar-refractivity contribution in [2.24, 2.45) is 0 Å². The summed E-state index contributed by atoms with van der Waals surface area (Å²) < 4.78 is 44.0. The Morgan fingerprint density at radius 2 is 1.78 bits per heavy atom. The summed E-state index contributed by atoms with van der Waals surface area (Å²) in [5.74, 6) is -0.745. The quantitative estimate of drug-likeness (QED) is 0.166. The number of nitrogens with one attached hydrogen (secondary N) is 2. The molecule has 41 heavy (non-hydrogen) atoms. The third kappa shape index (κ3) is 6.50. The van der Waals surface area contributed by atoms with Gasteiger partial charge in [0.05, 0.1) is 34.6 Å². The number of benzene rings is 2. The predicted molar refractivity (Wildman–Crippen MR) is 148 cm³/mol. The number of fused-ring (bicyclic) bond motifs is 1. The van der Waals surface area contributed by atoms with Crippen molar-refractivity contribution in [1.82, 2.24) is 20.3 Å². The van der Waals surface area contributed by atoms with Crippen molar-refractivity contribution < 1.29 is 33.3 Å². The molecule has 2 unspecified atom stereocenters. The second kappa shape index (κ2) is 11.9. The number of hydrogen-bond donors (Lipinski definition) is 5. The molecule has 9 nitrogen and oxygen atoms in total. The molecule has 4 aromatic rings. The molecule has 0 bridgehead atoms. The lowest BCUT2D eigenvalue weighted by molar-refractivity contribution is 0.0687. The van der Waals surface area contributed by atoms with Gasteiger partial charge in [0.1, 0.15) is 17.5 Å². The number of amides is 1. The van der Waals surface area contributed by atoms with E-state index < -0.39 is 48.2 Å². The summed E-state index contributed by atoms with van der Waals surface area (Å²) in [6.45, 7) is 4.03. The van der Waals surface area contributed by atoms with Crippen molar-refractivity contribution in [3.05, 3.63) is 82.3 Å². The minimum Gasteiger partial charge on any atom is -0.465 e. The van der Waals surface area contributed by atoms with E-state index in [0.29, 0.717) is 27.7 Å². The fourth-order valence-electron chi connectivity index (χ4n) is 4.31. The van der Waals surface area contributed by atoms with E-state index in [0.717, 1.165) is 12.1 Å². The predicted octanol–water partition coefficient (Wildman–Crippen LogP) is 5.74. The van der Waals surface area contributed by atoms with Crippen molar-refractivity contribution in [3.8, 4) is 11.1 Å². The average molecular weight is 590 g/mol. The van der Waals surface area contributed by atoms with Gasteiger partial charge in [0, 0.05) is 28.9 Å². The van der Waals surface area contributed by atoms with Gasteiger partial charge in [0.25, 0.3) is 6.43 Å². The van der Waals surface area contributed by atoms with Gasteiger partial charge >= 0.3 is 6.09 Å². The Labute approximate surface area is 238 Å². The summed E-state index contributed by atoms with van der Waals surface area (Å²) in [6.07, 6.45) is -1.53. The molecule has 0 aliphatic heterocycles. The van der Waals surface area contributed by atoms with Crippen molar-refractivity contribution >= 4 is 34.3 Å². The van der Waals surface area contributed by atoms with E-state index in [4.69, 9.17) is 16.7 Å². The lowest BCUT2D eigenvalue weighted by atomic mass is 9.98. The monoisotopic (exact) mass is 589 g/mol. The van der Waals surface area contributed by atoms with Crippen LogP contribution >= 0.6 is 11.6 Å². The number of anilines is 1. The highest BCUT2D eigenvalue weighted by Gasteiger charge is 2.29. The number of alkyl halides is 2. The van der Waals surface area contributed by atoms with E-state index >= 15 is 0 Å². The maximum Gasteiger partial charge on any atom is 0.405 e. The topological polar surface area (TPSA) is 140 Å². The van der Waals surface area contributed by atoms with Crippen LogP contribution in [0, 0.1) is 12.7 Å². The Balaban J connectivity index is 1.81. The largest absolute Gasteiger partial charge is 0.465 e. The first kappa shape index (κ1) is 30.0. The standard InChI is InChI=1S/C28H27ClF3N5O4/c1-13-22(29)23(18-8-14(5-7-20(18)35-13)16-10-33-26(34-11-16)28(2,3)41)37-24(25(31)32)17-9-15(4-6-19(17)30)21(12-38)36-27(39)40/h4-11,21,24-25,36,38,41H,12H2,1-3H3,(H,35,37)(H,39,40). The minimum absolute atomic E-state index is 0.0475. The highest BCUT2D eigenvalue weighted by molar-refractivity contribution is 6.35. The van der Waals surface area contributed by atoms with Crippen LogP contribution < -0.4 is 10.6 Å². The van der Waals surface area contributed by atoms with Crippen molar-refractivity contribution in [2.45, 2.75) is 44.9 Å².